The van der Waals surface area contributed by atoms with Crippen LogP contribution in [0.15, 0.2) is 59.8 Å². The number of nitrogens with one attached hydrogen (secondary N) is 1. The summed E-state index contributed by atoms with van der Waals surface area (Å²) < 4.78 is 0. The van der Waals surface area contributed by atoms with Crippen molar-refractivity contribution in [2.75, 3.05) is 6.54 Å². The van der Waals surface area contributed by atoms with E-state index in [4.69, 9.17) is 16.4 Å². The molecule has 0 saturated carbocycles. The number of halogens is 1. The van der Waals surface area contributed by atoms with Crippen LogP contribution in [0.25, 0.3) is 0 Å². The number of rotatable bonds is 5. The van der Waals surface area contributed by atoms with E-state index < -0.39 is 0 Å². The Kier molecular flexibility index (Phi) is 6.25. The maximum Gasteiger partial charge on any atom is 0.318 e. The summed E-state index contributed by atoms with van der Waals surface area (Å²) in [7, 11) is 0. The molecule has 148 valence electrons. The van der Waals surface area contributed by atoms with Crippen LogP contribution in [0.4, 0.5) is 4.79 Å². The van der Waals surface area contributed by atoms with E-state index in [1.54, 1.807) is 4.90 Å². The van der Waals surface area contributed by atoms with Crippen molar-refractivity contribution in [1.29, 1.82) is 0 Å². The van der Waals surface area contributed by atoms with Crippen molar-refractivity contribution in [1.82, 2.24) is 10.2 Å². The smallest absolute Gasteiger partial charge is 0.318 e. The van der Waals surface area contributed by atoms with Gasteiger partial charge in [-0.1, -0.05) is 59.2 Å². The molecule has 2 aromatic rings. The van der Waals surface area contributed by atoms with Crippen molar-refractivity contribution in [3.63, 3.8) is 0 Å². The van der Waals surface area contributed by atoms with Crippen LogP contribution in [0, 0.1) is 0 Å². The largest absolute Gasteiger partial charge is 0.390 e. The Morgan fingerprint density at radius 3 is 2.50 bits per heavy atom. The fourth-order valence-corrected chi connectivity index (χ4v) is 3.13. The van der Waals surface area contributed by atoms with Gasteiger partial charge < -0.3 is 15.1 Å². The van der Waals surface area contributed by atoms with Crippen LogP contribution in [0.3, 0.4) is 0 Å². The third-order valence-corrected chi connectivity index (χ3v) is 4.57. The molecule has 0 bridgehead atoms. The second-order valence-corrected chi connectivity index (χ2v) is 8.46. The van der Waals surface area contributed by atoms with Gasteiger partial charge in [-0.05, 0) is 44.0 Å². The number of hydrogen-bond donors (Lipinski definition) is 1. The summed E-state index contributed by atoms with van der Waals surface area (Å²) in [4.78, 5) is 20.3. The lowest BCUT2D eigenvalue weighted by molar-refractivity contribution is 0.0580. The Morgan fingerprint density at radius 2 is 1.86 bits per heavy atom. The van der Waals surface area contributed by atoms with E-state index in [2.05, 4.69) is 10.5 Å². The summed E-state index contributed by atoms with van der Waals surface area (Å²) in [6, 6.07) is 17.4. The van der Waals surface area contributed by atoms with Crippen molar-refractivity contribution in [3.05, 3.63) is 70.7 Å². The first kappa shape index (κ1) is 20.2. The molecule has 1 heterocycles. The van der Waals surface area contributed by atoms with E-state index in [0.717, 1.165) is 16.8 Å². The van der Waals surface area contributed by atoms with Crippen molar-refractivity contribution in [3.8, 4) is 0 Å². The van der Waals surface area contributed by atoms with Crippen LogP contribution < -0.4 is 5.32 Å². The van der Waals surface area contributed by atoms with Gasteiger partial charge in [0, 0.05) is 23.5 Å². The first-order chi connectivity index (χ1) is 13.3. The average Bonchev–Trinajstić information content (AvgIpc) is 3.10. The van der Waals surface area contributed by atoms with E-state index in [-0.39, 0.29) is 17.7 Å². The van der Waals surface area contributed by atoms with E-state index >= 15 is 0 Å². The molecule has 1 unspecified atom stereocenters. The summed E-state index contributed by atoms with van der Waals surface area (Å²) in [5.74, 6) is 0. The molecule has 0 fully saturated rings. The SMILES string of the molecule is CC(C)(C)NC(=O)N(Cc1ccccc1)CC1CC(c2ccc(Cl)cc2)=NO1. The minimum Gasteiger partial charge on any atom is -0.390 e. The van der Waals surface area contributed by atoms with Gasteiger partial charge in [0.05, 0.1) is 12.3 Å². The van der Waals surface area contributed by atoms with Gasteiger partial charge in [-0.2, -0.15) is 0 Å². The standard InChI is InChI=1S/C22H26ClN3O2/c1-22(2,3)24-21(27)26(14-16-7-5-4-6-8-16)15-19-13-20(25-28-19)17-9-11-18(23)12-10-17/h4-12,19H,13-15H2,1-3H3,(H,24,27). The molecule has 0 aromatic heterocycles. The Bertz CT molecular complexity index is 829. The van der Waals surface area contributed by atoms with Crippen LogP contribution in [-0.2, 0) is 11.4 Å². The number of carbonyl (C=O) groups excluding carboxylic acids is 1. The van der Waals surface area contributed by atoms with Crippen LogP contribution in [0.1, 0.15) is 38.3 Å². The molecule has 0 radical (unpaired) electrons. The third kappa shape index (κ3) is 5.73. The highest BCUT2D eigenvalue weighted by molar-refractivity contribution is 6.30. The van der Waals surface area contributed by atoms with E-state index in [9.17, 15) is 4.79 Å². The molecule has 1 aliphatic heterocycles. The molecule has 1 aliphatic rings. The van der Waals surface area contributed by atoms with E-state index in [0.29, 0.717) is 24.5 Å². The Morgan fingerprint density at radius 1 is 1.18 bits per heavy atom. The van der Waals surface area contributed by atoms with Gasteiger partial charge in [-0.25, -0.2) is 4.79 Å². The summed E-state index contributed by atoms with van der Waals surface area (Å²) in [6.45, 7) is 6.88. The quantitative estimate of drug-likeness (QED) is 0.781. The highest BCUT2D eigenvalue weighted by atomic mass is 35.5. The van der Waals surface area contributed by atoms with Crippen molar-refractivity contribution in [2.45, 2.75) is 45.4 Å². The normalized spacial score (nSPS) is 16.3. The number of benzene rings is 2. The maximum atomic E-state index is 12.8. The minimum absolute atomic E-state index is 0.111. The molecule has 28 heavy (non-hydrogen) atoms. The van der Waals surface area contributed by atoms with Gasteiger partial charge in [0.15, 0.2) is 6.10 Å². The lowest BCUT2D eigenvalue weighted by atomic mass is 10.0. The van der Waals surface area contributed by atoms with Gasteiger partial charge >= 0.3 is 6.03 Å². The van der Waals surface area contributed by atoms with Gasteiger partial charge in [-0.15, -0.1) is 0 Å². The highest BCUT2D eigenvalue weighted by Gasteiger charge is 2.28. The van der Waals surface area contributed by atoms with Crippen LogP contribution in [-0.4, -0.2) is 34.8 Å². The van der Waals surface area contributed by atoms with E-state index in [1.165, 1.54) is 0 Å². The molecule has 0 saturated heterocycles. The van der Waals surface area contributed by atoms with E-state index in [1.807, 2.05) is 75.4 Å². The summed E-state index contributed by atoms with van der Waals surface area (Å²) in [5, 5.41) is 7.96. The molecule has 6 heteroatoms. The Labute approximate surface area is 171 Å². The van der Waals surface area contributed by atoms with Crippen molar-refractivity contribution >= 4 is 23.3 Å². The molecule has 2 aromatic carbocycles. The zero-order chi connectivity index (χ0) is 20.1. The average molecular weight is 400 g/mol. The molecular formula is C22H26ClN3O2. The second kappa shape index (κ2) is 8.65. The van der Waals surface area contributed by atoms with Crippen LogP contribution in [0.2, 0.25) is 5.02 Å². The number of oxime groups is 1. The summed E-state index contributed by atoms with van der Waals surface area (Å²) >= 11 is 5.96. The minimum atomic E-state index is -0.312. The molecule has 1 N–H and O–H groups in total. The zero-order valence-corrected chi connectivity index (χ0v) is 17.2. The Hall–Kier alpha value is -2.53. The number of hydrogen-bond acceptors (Lipinski definition) is 3. The monoisotopic (exact) mass is 399 g/mol. The topological polar surface area (TPSA) is 53.9 Å². The molecule has 5 nitrogen and oxygen atoms in total. The van der Waals surface area contributed by atoms with Gasteiger partial charge in [0.25, 0.3) is 0 Å². The van der Waals surface area contributed by atoms with Crippen molar-refractivity contribution in [2.24, 2.45) is 5.16 Å². The molecule has 0 spiro atoms. The molecule has 0 aliphatic carbocycles. The second-order valence-electron chi connectivity index (χ2n) is 8.02. The predicted octanol–water partition coefficient (Wildman–Crippen LogP) is 4.84. The zero-order valence-electron chi connectivity index (χ0n) is 16.5. The molecule has 2 amide bonds. The lowest BCUT2D eigenvalue weighted by Gasteiger charge is -2.29. The van der Waals surface area contributed by atoms with Gasteiger partial charge in [0.2, 0.25) is 0 Å². The Balaban J connectivity index is 1.67. The number of nitrogens with zero attached hydrogens (tertiary/aromatic N) is 2. The van der Waals surface area contributed by atoms with Crippen molar-refractivity contribution < 1.29 is 9.63 Å². The molecular weight excluding hydrogens is 374 g/mol. The molecule has 3 rings (SSSR count). The fourth-order valence-electron chi connectivity index (χ4n) is 3.01. The molecule has 1 atom stereocenters. The number of urea groups is 1. The maximum absolute atomic E-state index is 12.8. The predicted molar refractivity (Wildman–Crippen MR) is 113 cm³/mol. The third-order valence-electron chi connectivity index (χ3n) is 4.32. The summed E-state index contributed by atoms with van der Waals surface area (Å²) in [6.07, 6.45) is 0.468. The highest BCUT2D eigenvalue weighted by Crippen LogP contribution is 2.20. The van der Waals surface area contributed by atoms with Gasteiger partial charge in [-0.3, -0.25) is 0 Å². The van der Waals surface area contributed by atoms with Gasteiger partial charge in [0.1, 0.15) is 0 Å². The number of carbonyl (C=O) groups is 1. The van der Waals surface area contributed by atoms with Crippen LogP contribution in [0.5, 0.6) is 0 Å². The number of amides is 2. The first-order valence-electron chi connectivity index (χ1n) is 9.40. The summed E-state index contributed by atoms with van der Waals surface area (Å²) in [5.41, 5.74) is 2.62. The first-order valence-corrected chi connectivity index (χ1v) is 9.77. The lowest BCUT2D eigenvalue weighted by Crippen LogP contribution is -2.50. The fraction of sp³-hybridized carbons (Fsp3) is 0.364. The van der Waals surface area contributed by atoms with Crippen LogP contribution >= 0.6 is 11.6 Å².